The number of hydrogen-bond donors (Lipinski definition) is 2. The Labute approximate surface area is 156 Å². The summed E-state index contributed by atoms with van der Waals surface area (Å²) in [6.45, 7) is 4.88. The van der Waals surface area contributed by atoms with Crippen LogP contribution in [0.25, 0.3) is 0 Å². The van der Waals surface area contributed by atoms with Crippen molar-refractivity contribution in [1.29, 1.82) is 0 Å². The molecule has 0 aromatic heterocycles. The molecule has 2 saturated heterocycles. The van der Waals surface area contributed by atoms with Crippen molar-refractivity contribution >= 4 is 17.6 Å². The molecule has 2 heterocycles. The molecule has 1 amide bonds. The maximum Gasteiger partial charge on any atom is 0.227 e. The highest BCUT2D eigenvalue weighted by molar-refractivity contribution is 5.95. The molecule has 2 fully saturated rings. The summed E-state index contributed by atoms with van der Waals surface area (Å²) in [5.74, 6) is 1.76. The van der Waals surface area contributed by atoms with Crippen molar-refractivity contribution in [2.45, 2.75) is 32.2 Å². The van der Waals surface area contributed by atoms with Crippen molar-refractivity contribution in [2.75, 3.05) is 45.2 Å². The Morgan fingerprint density at radius 1 is 1.19 bits per heavy atom. The molecule has 142 valence electrons. The largest absolute Gasteiger partial charge is 0.356 e. The van der Waals surface area contributed by atoms with Crippen LogP contribution < -0.4 is 15.5 Å². The Balaban J connectivity index is 1.45. The quantitative estimate of drug-likeness (QED) is 0.623. The van der Waals surface area contributed by atoms with Crippen LogP contribution in [0.4, 0.5) is 5.69 Å². The molecule has 3 rings (SSSR count). The van der Waals surface area contributed by atoms with Gasteiger partial charge in [0, 0.05) is 45.3 Å². The minimum Gasteiger partial charge on any atom is -0.356 e. The third-order valence-electron chi connectivity index (χ3n) is 5.29. The highest BCUT2D eigenvalue weighted by atomic mass is 16.2. The summed E-state index contributed by atoms with van der Waals surface area (Å²) >= 11 is 0. The number of aliphatic imine (C=N–C) groups is 1. The highest BCUT2D eigenvalue weighted by Crippen LogP contribution is 2.21. The third kappa shape index (κ3) is 4.97. The van der Waals surface area contributed by atoms with Crippen LogP contribution in [0.3, 0.4) is 0 Å². The van der Waals surface area contributed by atoms with E-state index in [9.17, 15) is 4.79 Å². The Hall–Kier alpha value is -2.08. The fourth-order valence-electron chi connectivity index (χ4n) is 3.80. The molecule has 1 aromatic carbocycles. The second-order valence-corrected chi connectivity index (χ2v) is 7.39. The first-order valence-corrected chi connectivity index (χ1v) is 9.68. The molecule has 0 saturated carbocycles. The molecule has 2 aliphatic rings. The van der Waals surface area contributed by atoms with Crippen molar-refractivity contribution < 1.29 is 4.79 Å². The SMILES string of the molecule is CN=C(NCc1ccc(N2CCCC2=O)cc1)NCC1CCCN(C)C1. The molecule has 2 N–H and O–H groups in total. The molecule has 2 aliphatic heterocycles. The van der Waals surface area contributed by atoms with E-state index in [0.717, 1.165) is 44.2 Å². The summed E-state index contributed by atoms with van der Waals surface area (Å²) in [5.41, 5.74) is 2.18. The molecule has 26 heavy (non-hydrogen) atoms. The highest BCUT2D eigenvalue weighted by Gasteiger charge is 2.21. The Morgan fingerprint density at radius 2 is 2.00 bits per heavy atom. The molecular weight excluding hydrogens is 326 g/mol. The normalized spacial score (nSPS) is 21.9. The fraction of sp³-hybridized carbons (Fsp3) is 0.600. The smallest absolute Gasteiger partial charge is 0.227 e. The van der Waals surface area contributed by atoms with Crippen molar-refractivity contribution in [1.82, 2.24) is 15.5 Å². The third-order valence-corrected chi connectivity index (χ3v) is 5.29. The average Bonchev–Trinajstić information content (AvgIpc) is 3.08. The number of nitrogens with one attached hydrogen (secondary N) is 2. The number of anilines is 1. The Kier molecular flexibility index (Phi) is 6.50. The number of hydrogen-bond acceptors (Lipinski definition) is 3. The van der Waals surface area contributed by atoms with Gasteiger partial charge >= 0.3 is 0 Å². The van der Waals surface area contributed by atoms with E-state index in [1.807, 2.05) is 24.1 Å². The van der Waals surface area contributed by atoms with Crippen molar-refractivity contribution in [3.63, 3.8) is 0 Å². The summed E-state index contributed by atoms with van der Waals surface area (Å²) < 4.78 is 0. The second-order valence-electron chi connectivity index (χ2n) is 7.39. The summed E-state index contributed by atoms with van der Waals surface area (Å²) in [6.07, 6.45) is 4.19. The van der Waals surface area contributed by atoms with E-state index in [0.29, 0.717) is 12.3 Å². The lowest BCUT2D eigenvalue weighted by Crippen LogP contribution is -2.43. The summed E-state index contributed by atoms with van der Waals surface area (Å²) in [7, 11) is 4.00. The summed E-state index contributed by atoms with van der Waals surface area (Å²) in [6, 6.07) is 8.23. The van der Waals surface area contributed by atoms with Crippen molar-refractivity contribution in [2.24, 2.45) is 10.9 Å². The first-order chi connectivity index (χ1) is 12.7. The molecule has 6 nitrogen and oxygen atoms in total. The standard InChI is InChI=1S/C20H31N5O/c1-21-20(23-14-17-5-3-11-24(2)15-17)22-13-16-7-9-18(10-8-16)25-12-4-6-19(25)26/h7-10,17H,3-6,11-15H2,1-2H3,(H2,21,22,23). The van der Waals surface area contributed by atoms with Gasteiger partial charge < -0.3 is 20.4 Å². The van der Waals surface area contributed by atoms with Gasteiger partial charge in [0.15, 0.2) is 5.96 Å². The van der Waals surface area contributed by atoms with E-state index in [1.165, 1.54) is 24.9 Å². The minimum absolute atomic E-state index is 0.230. The van der Waals surface area contributed by atoms with Gasteiger partial charge in [0.25, 0.3) is 0 Å². The number of amides is 1. The minimum atomic E-state index is 0.230. The number of guanidine groups is 1. The maximum absolute atomic E-state index is 11.8. The molecule has 0 radical (unpaired) electrons. The van der Waals surface area contributed by atoms with Gasteiger partial charge in [0.2, 0.25) is 5.91 Å². The molecule has 1 aromatic rings. The number of carbonyl (C=O) groups excluding carboxylic acids is 1. The molecule has 0 bridgehead atoms. The number of benzene rings is 1. The second kappa shape index (κ2) is 9.03. The zero-order chi connectivity index (χ0) is 18.4. The molecule has 1 atom stereocenters. The monoisotopic (exact) mass is 357 g/mol. The zero-order valence-corrected chi connectivity index (χ0v) is 16.0. The average molecular weight is 358 g/mol. The van der Waals surface area contributed by atoms with Gasteiger partial charge in [-0.15, -0.1) is 0 Å². The van der Waals surface area contributed by atoms with Gasteiger partial charge in [-0.05, 0) is 56.5 Å². The van der Waals surface area contributed by atoms with Gasteiger partial charge in [-0.3, -0.25) is 9.79 Å². The predicted octanol–water partition coefficient (Wildman–Crippen LogP) is 1.82. The number of piperidine rings is 1. The van der Waals surface area contributed by atoms with Gasteiger partial charge in [-0.2, -0.15) is 0 Å². The number of rotatable bonds is 5. The lowest BCUT2D eigenvalue weighted by molar-refractivity contribution is -0.117. The van der Waals surface area contributed by atoms with E-state index in [-0.39, 0.29) is 5.91 Å². The zero-order valence-electron chi connectivity index (χ0n) is 16.0. The number of carbonyl (C=O) groups is 1. The Morgan fingerprint density at radius 3 is 2.65 bits per heavy atom. The van der Waals surface area contributed by atoms with Crippen LogP contribution in [0.5, 0.6) is 0 Å². The number of nitrogens with zero attached hydrogens (tertiary/aromatic N) is 3. The Bertz CT molecular complexity index is 628. The van der Waals surface area contributed by atoms with Crippen LogP contribution in [0.2, 0.25) is 0 Å². The lowest BCUT2D eigenvalue weighted by Gasteiger charge is -2.30. The molecule has 0 spiro atoms. The lowest BCUT2D eigenvalue weighted by atomic mass is 9.99. The van der Waals surface area contributed by atoms with Gasteiger partial charge in [-0.25, -0.2) is 0 Å². The number of likely N-dealkylation sites (tertiary alicyclic amines) is 1. The summed E-state index contributed by atoms with van der Waals surface area (Å²) in [4.78, 5) is 20.4. The van der Waals surface area contributed by atoms with Crippen LogP contribution in [0.15, 0.2) is 29.3 Å². The first kappa shape index (κ1) is 18.7. The van der Waals surface area contributed by atoms with Gasteiger partial charge in [0.1, 0.15) is 0 Å². The first-order valence-electron chi connectivity index (χ1n) is 9.68. The molecule has 1 unspecified atom stereocenters. The van der Waals surface area contributed by atoms with E-state index in [1.54, 1.807) is 0 Å². The van der Waals surface area contributed by atoms with E-state index < -0.39 is 0 Å². The van der Waals surface area contributed by atoms with E-state index >= 15 is 0 Å². The predicted molar refractivity (Wildman–Crippen MR) is 106 cm³/mol. The van der Waals surface area contributed by atoms with Crippen molar-refractivity contribution in [3.05, 3.63) is 29.8 Å². The maximum atomic E-state index is 11.8. The molecular formula is C20H31N5O. The van der Waals surface area contributed by atoms with Gasteiger partial charge in [-0.1, -0.05) is 12.1 Å². The fourth-order valence-corrected chi connectivity index (χ4v) is 3.80. The van der Waals surface area contributed by atoms with Crippen LogP contribution >= 0.6 is 0 Å². The topological polar surface area (TPSA) is 60.0 Å². The van der Waals surface area contributed by atoms with Crippen LogP contribution in [0.1, 0.15) is 31.2 Å². The summed E-state index contributed by atoms with van der Waals surface area (Å²) in [5, 5.41) is 6.83. The van der Waals surface area contributed by atoms with Crippen LogP contribution in [-0.2, 0) is 11.3 Å². The van der Waals surface area contributed by atoms with Gasteiger partial charge in [0.05, 0.1) is 0 Å². The molecule has 6 heteroatoms. The van der Waals surface area contributed by atoms with E-state index in [4.69, 9.17) is 0 Å². The van der Waals surface area contributed by atoms with E-state index in [2.05, 4.69) is 39.7 Å². The van der Waals surface area contributed by atoms with Crippen LogP contribution in [-0.4, -0.2) is 57.0 Å². The van der Waals surface area contributed by atoms with Crippen LogP contribution in [0, 0.1) is 5.92 Å². The molecule has 0 aliphatic carbocycles. The van der Waals surface area contributed by atoms with Crippen molar-refractivity contribution in [3.8, 4) is 0 Å².